The van der Waals surface area contributed by atoms with Gasteiger partial charge in [-0.25, -0.2) is 0 Å². The number of benzene rings is 3. The minimum atomic E-state index is -0.589. The van der Waals surface area contributed by atoms with Gasteiger partial charge in [-0.05, 0) is 0 Å². The second-order valence-corrected chi connectivity index (χ2v) is 17.0. The Balaban J connectivity index is 1.60. The molecule has 6 bridgehead atoms. The zero-order valence-corrected chi connectivity index (χ0v) is 28.7. The van der Waals surface area contributed by atoms with E-state index >= 15 is 0 Å². The van der Waals surface area contributed by atoms with Crippen LogP contribution in [0.15, 0.2) is 78.6 Å². The van der Waals surface area contributed by atoms with Crippen molar-refractivity contribution in [3.05, 3.63) is 95.3 Å². The molecule has 0 fully saturated rings. The van der Waals surface area contributed by atoms with E-state index in [2.05, 4.69) is 162 Å². The Kier molecular flexibility index (Phi) is 5.72. The van der Waals surface area contributed by atoms with E-state index in [1.807, 2.05) is 0 Å². The summed E-state index contributed by atoms with van der Waals surface area (Å²) in [6.45, 7) is 23.3. The van der Waals surface area contributed by atoms with Gasteiger partial charge in [0.15, 0.2) is 0 Å². The predicted octanol–water partition coefficient (Wildman–Crippen LogP) is 8.07. The Morgan fingerprint density at radius 1 is 0.667 bits per heavy atom. The third-order valence-corrected chi connectivity index (χ3v) is 12.5. The van der Waals surface area contributed by atoms with Gasteiger partial charge in [0.2, 0.25) is 0 Å². The summed E-state index contributed by atoms with van der Waals surface area (Å²) in [6, 6.07) is 24.6. The molecule has 3 aromatic rings. The summed E-state index contributed by atoms with van der Waals surface area (Å²) in [6.07, 6.45) is 2.37. The van der Waals surface area contributed by atoms with Crippen LogP contribution in [-0.4, -0.2) is 23.8 Å². The minimum absolute atomic E-state index is 0.0225. The van der Waals surface area contributed by atoms with E-state index < -0.39 is 17.6 Å². The van der Waals surface area contributed by atoms with Crippen molar-refractivity contribution in [1.82, 2.24) is 9.80 Å². The van der Waals surface area contributed by atoms with Crippen molar-refractivity contribution in [1.29, 1.82) is 0 Å². The van der Waals surface area contributed by atoms with Gasteiger partial charge in [-0.3, -0.25) is 0 Å². The molecular weight excluding hydrogens is 700 g/mol. The Morgan fingerprint density at radius 2 is 1.33 bits per heavy atom. The summed E-state index contributed by atoms with van der Waals surface area (Å²) in [4.78, 5) is 10.4. The van der Waals surface area contributed by atoms with Gasteiger partial charge >= 0.3 is 260 Å². The Hall–Kier alpha value is -3.17. The second kappa shape index (κ2) is 8.69. The van der Waals surface area contributed by atoms with Crippen LogP contribution in [0.25, 0.3) is 0 Å². The molecule has 3 aromatic carbocycles. The van der Waals surface area contributed by atoms with Crippen molar-refractivity contribution >= 4 is 19.7 Å². The standard InChI is InChI=1S/C36H42N4O.Pt/c1-25-22-37-23-38(25)36(9,10)40-24-39(31-16-11-12-17-32(31)40)35(7,8)28-18-27(33(2,3)4)20-30(21-28)41-29-15-13-14-26(19-29)34(37,5)6;/h11-22H,1-10H3;. The molecule has 222 valence electrons. The fraction of sp³-hybridized carbons (Fsp3) is 0.389. The number of rotatable bonds is 0. The molecule has 0 amide bonds. The van der Waals surface area contributed by atoms with Crippen LogP contribution in [0.4, 0.5) is 11.4 Å². The quantitative estimate of drug-likeness (QED) is 0.232. The normalized spacial score (nSPS) is 21.3. The van der Waals surface area contributed by atoms with Crippen molar-refractivity contribution in [2.24, 2.45) is 0 Å². The van der Waals surface area contributed by atoms with E-state index in [-0.39, 0.29) is 22.2 Å². The molecule has 0 saturated carbocycles. The predicted molar refractivity (Wildman–Crippen MR) is 171 cm³/mol. The molecular formula is C36H42N4OPt. The molecule has 0 unspecified atom stereocenters. The maximum atomic E-state index is 6.72. The molecule has 5 nitrogen and oxygen atoms in total. The summed E-state index contributed by atoms with van der Waals surface area (Å²) < 4.78 is 9.58. The first-order valence-electron chi connectivity index (χ1n) is 14.9. The van der Waals surface area contributed by atoms with E-state index in [1.165, 1.54) is 42.1 Å². The van der Waals surface area contributed by atoms with Crippen LogP contribution in [0.3, 0.4) is 0 Å². The van der Waals surface area contributed by atoms with Crippen LogP contribution >= 0.6 is 0 Å². The number of ether oxygens (including phenoxy) is 1. The van der Waals surface area contributed by atoms with Crippen molar-refractivity contribution in [2.45, 2.75) is 91.4 Å². The number of allylic oxidation sites excluding steroid dienone is 1. The molecule has 42 heavy (non-hydrogen) atoms. The number of anilines is 2. The first-order valence-corrected chi connectivity index (χ1v) is 17.1. The third kappa shape index (κ3) is 3.78. The van der Waals surface area contributed by atoms with E-state index in [9.17, 15) is 0 Å². The van der Waals surface area contributed by atoms with Gasteiger partial charge in [0.1, 0.15) is 0 Å². The molecule has 0 atom stereocenters. The van der Waals surface area contributed by atoms with Gasteiger partial charge in [0.25, 0.3) is 0 Å². The van der Waals surface area contributed by atoms with Crippen LogP contribution < -0.4 is 14.5 Å². The molecule has 0 aliphatic carbocycles. The number of para-hydroxylation sites is 2. The van der Waals surface area contributed by atoms with Crippen molar-refractivity contribution in [3.63, 3.8) is 0 Å². The van der Waals surface area contributed by atoms with Crippen LogP contribution in [0.1, 0.15) is 85.9 Å². The third-order valence-electron chi connectivity index (χ3n) is 9.38. The fourth-order valence-electron chi connectivity index (χ4n) is 6.79. The van der Waals surface area contributed by atoms with Gasteiger partial charge in [0.05, 0.1) is 0 Å². The summed E-state index contributed by atoms with van der Waals surface area (Å²) >= 11 is -0.589. The van der Waals surface area contributed by atoms with Gasteiger partial charge in [-0.15, -0.1) is 0 Å². The number of nitrogens with zero attached hydrogens (tertiary/aromatic N) is 4. The van der Waals surface area contributed by atoms with Gasteiger partial charge < -0.3 is 0 Å². The topological polar surface area (TPSA) is 22.2 Å². The second-order valence-electron chi connectivity index (χ2n) is 14.4. The molecule has 6 heteroatoms. The molecule has 4 heterocycles. The summed E-state index contributed by atoms with van der Waals surface area (Å²) in [5.41, 5.74) is 6.73. The molecule has 0 aromatic heterocycles. The van der Waals surface area contributed by atoms with E-state index in [1.54, 1.807) is 0 Å². The molecule has 4 aliphatic heterocycles. The van der Waals surface area contributed by atoms with Crippen LogP contribution in [0, 0.1) is 0 Å². The van der Waals surface area contributed by atoms with Crippen LogP contribution in [0.2, 0.25) is 0 Å². The van der Waals surface area contributed by atoms with Crippen molar-refractivity contribution in [3.8, 4) is 11.5 Å². The van der Waals surface area contributed by atoms with E-state index in [0.29, 0.717) is 0 Å². The average Bonchev–Trinajstić information content (AvgIpc) is 3.44. The Morgan fingerprint density at radius 3 is 2.02 bits per heavy atom. The van der Waals surface area contributed by atoms with Crippen molar-refractivity contribution < 1.29 is 22.4 Å². The number of hydrogen-bond acceptors (Lipinski definition) is 5. The summed E-state index contributed by atoms with van der Waals surface area (Å²) in [5, 5.41) is 0. The number of hydrogen-bond donors (Lipinski definition) is 0. The molecule has 0 spiro atoms. The SMILES string of the molecule is CC1=CN2[C]3=[Pt]=[C]4N(c5ccccc5N4C(C)(C)N13)C(C)(C)c1cc(cc(C(C)(C)C)c1)Oc1cccc(c1)C2(C)C. The zero-order chi connectivity index (χ0) is 30.0. The molecule has 0 radical (unpaired) electrons. The average molecular weight is 742 g/mol. The van der Waals surface area contributed by atoms with E-state index in [0.717, 1.165) is 11.5 Å². The zero-order valence-electron chi connectivity index (χ0n) is 26.4. The number of fused-ring (bicyclic) bond motifs is 7. The summed E-state index contributed by atoms with van der Waals surface area (Å²) in [5.74, 6) is 1.76. The van der Waals surface area contributed by atoms with Gasteiger partial charge in [-0.1, -0.05) is 0 Å². The monoisotopic (exact) mass is 741 g/mol. The van der Waals surface area contributed by atoms with Crippen LogP contribution in [0.5, 0.6) is 11.5 Å². The molecule has 4 aliphatic rings. The first kappa shape index (κ1) is 27.6. The fourth-order valence-corrected chi connectivity index (χ4v) is 11.9. The van der Waals surface area contributed by atoms with Gasteiger partial charge in [0, 0.05) is 0 Å². The first-order chi connectivity index (χ1) is 19.6. The Labute approximate surface area is 258 Å². The Bertz CT molecular complexity index is 1750. The molecule has 0 N–H and O–H groups in total. The van der Waals surface area contributed by atoms with Crippen LogP contribution in [-0.2, 0) is 34.1 Å². The molecule has 7 rings (SSSR count). The summed E-state index contributed by atoms with van der Waals surface area (Å²) in [7, 11) is 0. The molecule has 0 saturated heterocycles. The van der Waals surface area contributed by atoms with E-state index in [4.69, 9.17) is 4.74 Å². The van der Waals surface area contributed by atoms with Gasteiger partial charge in [-0.2, -0.15) is 0 Å². The maximum absolute atomic E-state index is 6.72. The van der Waals surface area contributed by atoms with Crippen molar-refractivity contribution in [2.75, 3.05) is 9.80 Å².